The fraction of sp³-hybridized carbons (Fsp3) is 0.765. The molecule has 644 valence electrons. The second kappa shape index (κ2) is 40.3. The van der Waals surface area contributed by atoms with Crippen molar-refractivity contribution in [3.8, 4) is 0 Å². The summed E-state index contributed by atoms with van der Waals surface area (Å²) in [6.45, 7) is 42.7. The molecule has 0 saturated heterocycles. The summed E-state index contributed by atoms with van der Waals surface area (Å²) in [6, 6.07) is 0. The molecule has 115 heavy (non-hydrogen) atoms. The van der Waals surface area contributed by atoms with Crippen LogP contribution in [-0.4, -0.2) is 113 Å². The van der Waals surface area contributed by atoms with Crippen LogP contribution in [0.3, 0.4) is 0 Å². The molecule has 0 aliphatic heterocycles. The molecular formula is C98H151O17+. The molecule has 14 rings (SSSR count). The van der Waals surface area contributed by atoms with Crippen LogP contribution in [0.25, 0.3) is 0 Å². The Labute approximate surface area is 692 Å². The highest BCUT2D eigenvalue weighted by molar-refractivity contribution is 5.99. The molecule has 0 aromatic heterocycles. The summed E-state index contributed by atoms with van der Waals surface area (Å²) in [7, 11) is 0. The van der Waals surface area contributed by atoms with Gasteiger partial charge in [-0.3, -0.25) is 38.4 Å². The predicted octanol–water partition coefficient (Wildman–Crippen LogP) is 21.0. The zero-order chi connectivity index (χ0) is 84.9. The Bertz CT molecular complexity index is 3500. The minimum Gasteiger partial charge on any atom is -0.462 e. The quantitative estimate of drug-likeness (QED) is 0.0717. The SMILES string of the molecule is C/C=C1/[CH+]CC2[C@@H](OC(C)=O)CCC[C@]12C.C/C=C1\C(=O)CC2[C@@H](OC(C)=O)CCC[C@]12C.C/C=C1\CCC2[C@@H](OC(C)=O)CCC[C@]12C.C/C=C1\[C@@H](O)CC2[C@@H](OC(C)=O)CCC[C@]12C.C/C=C1\[C@H](O)CC2[C@@H](OC(C)=O)CCC[C@]12C.C=CC1CCC2[C@@H](OC(C)=O)CCC[C@]12C.CCC1=CCC2[C@@H](OC(C)=O)CCC[C@]12C. The lowest BCUT2D eigenvalue weighted by Crippen LogP contribution is -2.41. The van der Waals surface area contributed by atoms with Crippen LogP contribution in [0.15, 0.2) is 82.5 Å². The summed E-state index contributed by atoms with van der Waals surface area (Å²) in [5.41, 5.74) is 8.95. The van der Waals surface area contributed by atoms with Crippen LogP contribution in [0.4, 0.5) is 0 Å². The number of ketones is 1. The molecule has 0 amide bonds. The van der Waals surface area contributed by atoms with Gasteiger partial charge in [0, 0.05) is 133 Å². The van der Waals surface area contributed by atoms with Gasteiger partial charge in [-0.05, 0) is 264 Å². The van der Waals surface area contributed by atoms with Gasteiger partial charge >= 0.3 is 41.8 Å². The summed E-state index contributed by atoms with van der Waals surface area (Å²) in [5.74, 6) is 2.55. The first-order valence-electron chi connectivity index (χ1n) is 44.8. The van der Waals surface area contributed by atoms with Crippen molar-refractivity contribution in [2.45, 2.75) is 392 Å². The zero-order valence-corrected chi connectivity index (χ0v) is 74.6. The van der Waals surface area contributed by atoms with E-state index in [1.165, 1.54) is 125 Å². The summed E-state index contributed by atoms with van der Waals surface area (Å²) < 4.78 is 38.2. The molecule has 24 atom stereocenters. The Morgan fingerprint density at radius 2 is 0.800 bits per heavy atom. The Kier molecular flexibility index (Phi) is 33.1. The van der Waals surface area contributed by atoms with Crippen LogP contribution in [0.1, 0.15) is 338 Å². The maximum absolute atomic E-state index is 12.0. The molecular weight excluding hydrogens is 1450 g/mol. The minimum absolute atomic E-state index is 0.0154. The lowest BCUT2D eigenvalue weighted by atomic mass is 9.64. The Morgan fingerprint density at radius 1 is 0.426 bits per heavy atom. The number of carbonyl (C=O) groups is 8. The highest BCUT2D eigenvalue weighted by Gasteiger charge is 2.59. The Balaban J connectivity index is 0.000000168. The number of fused-ring (bicyclic) bond motifs is 7. The van der Waals surface area contributed by atoms with Gasteiger partial charge < -0.3 is 43.4 Å². The van der Waals surface area contributed by atoms with E-state index < -0.39 is 0 Å². The molecule has 0 aromatic rings. The normalized spacial score (nSPS) is 41.1. The van der Waals surface area contributed by atoms with E-state index in [-0.39, 0.29) is 142 Å². The summed E-state index contributed by atoms with van der Waals surface area (Å²) in [5, 5.41) is 20.3. The molecule has 0 radical (unpaired) electrons. The number of allylic oxidation sites excluding steroid dienone is 11. The average molecular weight is 1600 g/mol. The van der Waals surface area contributed by atoms with Crippen LogP contribution in [0.2, 0.25) is 0 Å². The lowest BCUT2D eigenvalue weighted by Gasteiger charge is -2.43. The standard InChI is InChI=1S/2C14H22O3.C14H20O3.3C14H22O2.C14H21O2/c3*1-4-10-12(16)8-11-13(17-9(2)15)6-5-7-14(10,11)3;4*1-4-11-7-8-12-13(16-10(2)15)6-5-9-14(11,12)3/h2*4,11-13,16H,5-8H2,1-3H3;4,11,13H,5-8H2,1-3H3;7,12-13H,4-6,8-9H2,1-3H3;4,12-13H,5-9H2,1-3H3;4,11-13H,1,5-9H2,2-3H3;4,7,12-13H,5-6,8-9H2,1-3H3/q;;;;;;+1/b3*10-4+;;11-4+;;11-4-/t11?,12-,13+,14-;11?,12-,13-,14+;11?,13-,14+;2*12?,13-,14+;11?,12?,13-,14+;12?,13-,14+/m1000000/s1. The van der Waals surface area contributed by atoms with Crippen molar-refractivity contribution in [1.29, 1.82) is 0 Å². The van der Waals surface area contributed by atoms with E-state index in [2.05, 4.69) is 107 Å². The largest absolute Gasteiger partial charge is 0.462 e. The lowest BCUT2D eigenvalue weighted by molar-refractivity contribution is -0.155. The van der Waals surface area contributed by atoms with E-state index in [1.807, 2.05) is 39.0 Å². The molecule has 13 fully saturated rings. The Hall–Kier alpha value is -6.07. The van der Waals surface area contributed by atoms with Gasteiger partial charge in [-0.25, -0.2) is 0 Å². The second-order valence-corrected chi connectivity index (χ2v) is 38.1. The fourth-order valence-electron chi connectivity index (χ4n) is 26.3. The second-order valence-electron chi connectivity index (χ2n) is 38.1. The number of ether oxygens (including phenoxy) is 7. The first-order valence-corrected chi connectivity index (χ1v) is 44.8. The highest BCUT2D eigenvalue weighted by atomic mass is 16.6. The van der Waals surface area contributed by atoms with Crippen molar-refractivity contribution >= 4 is 47.6 Å². The molecule has 17 nitrogen and oxygen atoms in total. The number of rotatable bonds is 9. The first kappa shape index (κ1) is 94.4. The molecule has 8 unspecified atom stereocenters. The summed E-state index contributed by atoms with van der Waals surface area (Å²) in [4.78, 5) is 89.8. The van der Waals surface area contributed by atoms with Gasteiger partial charge in [-0.15, -0.1) is 6.58 Å². The third-order valence-electron chi connectivity index (χ3n) is 31.7. The van der Waals surface area contributed by atoms with Crippen LogP contribution in [0, 0.1) is 91.7 Å². The van der Waals surface area contributed by atoms with Gasteiger partial charge in [0.25, 0.3) is 0 Å². The third kappa shape index (κ3) is 20.9. The van der Waals surface area contributed by atoms with E-state index in [0.29, 0.717) is 52.3 Å². The maximum Gasteiger partial charge on any atom is 0.302 e. The number of aliphatic hydroxyl groups is 2. The zero-order valence-electron chi connectivity index (χ0n) is 74.6. The number of hydrogen-bond donors (Lipinski definition) is 2. The number of hydrogen-bond acceptors (Lipinski definition) is 17. The molecule has 2 N–H and O–H groups in total. The predicted molar refractivity (Wildman–Crippen MR) is 451 cm³/mol. The van der Waals surface area contributed by atoms with Gasteiger partial charge in [0.1, 0.15) is 48.3 Å². The van der Waals surface area contributed by atoms with Crippen LogP contribution in [0.5, 0.6) is 0 Å². The topological polar surface area (TPSA) is 242 Å². The Morgan fingerprint density at radius 3 is 1.20 bits per heavy atom. The van der Waals surface area contributed by atoms with Gasteiger partial charge in [0.05, 0.1) is 12.2 Å². The molecule has 14 aliphatic rings. The molecule has 0 bridgehead atoms. The number of Topliss-reactive ketones (excluding diaryl/α,β-unsaturated/α-hetero) is 1. The molecule has 17 heteroatoms. The van der Waals surface area contributed by atoms with E-state index in [0.717, 1.165) is 139 Å². The van der Waals surface area contributed by atoms with E-state index in [4.69, 9.17) is 33.2 Å². The number of aliphatic hydroxyl groups excluding tert-OH is 2. The number of esters is 7. The monoisotopic (exact) mass is 1600 g/mol. The van der Waals surface area contributed by atoms with Crippen LogP contribution < -0.4 is 0 Å². The smallest absolute Gasteiger partial charge is 0.302 e. The maximum atomic E-state index is 12.0. The van der Waals surface area contributed by atoms with Crippen LogP contribution >= 0.6 is 0 Å². The van der Waals surface area contributed by atoms with Crippen molar-refractivity contribution in [3.05, 3.63) is 89.0 Å². The molecule has 13 saturated carbocycles. The van der Waals surface area contributed by atoms with E-state index >= 15 is 0 Å². The van der Waals surface area contributed by atoms with Gasteiger partial charge in [0.15, 0.2) is 5.78 Å². The van der Waals surface area contributed by atoms with Crippen LogP contribution in [-0.2, 0) is 71.5 Å². The van der Waals surface area contributed by atoms with E-state index in [1.54, 1.807) is 11.1 Å². The van der Waals surface area contributed by atoms with Crippen molar-refractivity contribution < 1.29 is 81.7 Å². The van der Waals surface area contributed by atoms with Gasteiger partial charge in [-0.1, -0.05) is 103 Å². The minimum atomic E-state index is -0.355. The van der Waals surface area contributed by atoms with Gasteiger partial charge in [0.2, 0.25) is 0 Å². The van der Waals surface area contributed by atoms with Crippen molar-refractivity contribution in [3.63, 3.8) is 0 Å². The average Bonchev–Trinajstić information content (AvgIpc) is 1.40. The van der Waals surface area contributed by atoms with Crippen molar-refractivity contribution in [2.24, 2.45) is 85.2 Å². The highest BCUT2D eigenvalue weighted by Crippen LogP contribution is 2.62. The van der Waals surface area contributed by atoms with Crippen molar-refractivity contribution in [1.82, 2.24) is 0 Å². The fourth-order valence-corrected chi connectivity index (χ4v) is 26.3. The third-order valence-corrected chi connectivity index (χ3v) is 31.7. The summed E-state index contributed by atoms with van der Waals surface area (Å²) in [6.07, 6.45) is 50.2. The molecule has 14 aliphatic carbocycles. The number of carbonyl (C=O) groups excluding carboxylic acids is 8. The van der Waals surface area contributed by atoms with Crippen molar-refractivity contribution in [2.75, 3.05) is 0 Å². The molecule has 0 aromatic carbocycles. The summed E-state index contributed by atoms with van der Waals surface area (Å²) >= 11 is 0. The van der Waals surface area contributed by atoms with Gasteiger partial charge in [-0.2, -0.15) is 0 Å². The molecule has 0 spiro atoms. The van der Waals surface area contributed by atoms with E-state index in [9.17, 15) is 48.6 Å². The first-order chi connectivity index (χ1) is 54.3. The molecule has 0 heterocycles.